The van der Waals surface area contributed by atoms with Gasteiger partial charge in [-0.2, -0.15) is 16.7 Å². The predicted octanol–water partition coefficient (Wildman–Crippen LogP) is 1.13. The number of hydrogen-bond donors (Lipinski definition) is 1. The second-order valence-electron chi connectivity index (χ2n) is 3.24. The second-order valence-corrected chi connectivity index (χ2v) is 4.23. The molecule has 0 saturated heterocycles. The maximum absolute atomic E-state index is 5.11. The molecule has 0 radical (unpaired) electrons. The van der Waals surface area contributed by atoms with Crippen molar-refractivity contribution >= 4 is 11.8 Å². The average Bonchev–Trinajstić information content (AvgIpc) is 2.62. The lowest BCUT2D eigenvalue weighted by atomic mass is 10.2. The van der Waals surface area contributed by atoms with Crippen LogP contribution >= 0.6 is 11.8 Å². The van der Waals surface area contributed by atoms with E-state index in [2.05, 4.69) is 28.6 Å². The number of hydrogen-bond acceptors (Lipinski definition) is 5. The van der Waals surface area contributed by atoms with Crippen molar-refractivity contribution in [2.24, 2.45) is 0 Å². The normalized spacial score (nSPS) is 13.1. The lowest BCUT2D eigenvalue weighted by molar-refractivity contribution is 0.375. The Morgan fingerprint density at radius 2 is 2.36 bits per heavy atom. The highest BCUT2D eigenvalue weighted by molar-refractivity contribution is 7.98. The topological polar surface area (TPSA) is 51.0 Å². The lowest BCUT2D eigenvalue weighted by Gasteiger charge is -2.04. The molecule has 0 saturated carbocycles. The molecular weight excluding hydrogens is 198 g/mol. The summed E-state index contributed by atoms with van der Waals surface area (Å²) in [5.41, 5.74) is 0. The number of nitrogens with one attached hydrogen (secondary N) is 1. The quantitative estimate of drug-likeness (QED) is 0.771. The largest absolute Gasteiger partial charge is 0.339 e. The van der Waals surface area contributed by atoms with Crippen molar-refractivity contribution in [2.75, 3.05) is 19.1 Å². The average molecular weight is 215 g/mol. The van der Waals surface area contributed by atoms with E-state index in [-0.39, 0.29) is 0 Å². The van der Waals surface area contributed by atoms with Gasteiger partial charge in [0.2, 0.25) is 5.89 Å². The molecule has 80 valence electrons. The van der Waals surface area contributed by atoms with Crippen LogP contribution in [0, 0.1) is 0 Å². The first-order valence-corrected chi connectivity index (χ1v) is 6.13. The van der Waals surface area contributed by atoms with Crippen LogP contribution in [0.15, 0.2) is 4.52 Å². The number of thioether (sulfide) groups is 1. The number of aryl methyl sites for hydroxylation is 1. The number of rotatable bonds is 6. The molecule has 0 bridgehead atoms. The molecule has 1 heterocycles. The summed E-state index contributed by atoms with van der Waals surface area (Å²) in [5.74, 6) is 2.57. The Hall–Kier alpha value is -0.550. The van der Waals surface area contributed by atoms with Gasteiger partial charge in [-0.1, -0.05) is 5.16 Å². The smallest absolute Gasteiger partial charge is 0.227 e. The van der Waals surface area contributed by atoms with Crippen LogP contribution in [-0.4, -0.2) is 35.2 Å². The van der Waals surface area contributed by atoms with E-state index in [1.165, 1.54) is 0 Å². The van der Waals surface area contributed by atoms with Gasteiger partial charge in [-0.05, 0) is 20.2 Å². The van der Waals surface area contributed by atoms with Crippen LogP contribution in [0.5, 0.6) is 0 Å². The zero-order valence-electron chi connectivity index (χ0n) is 8.91. The van der Waals surface area contributed by atoms with Gasteiger partial charge in [0.05, 0.1) is 0 Å². The SMILES string of the molecule is CNC(C)Cc1noc(CCSC)n1. The minimum absolute atomic E-state index is 0.390. The van der Waals surface area contributed by atoms with E-state index >= 15 is 0 Å². The Morgan fingerprint density at radius 3 is 3.00 bits per heavy atom. The summed E-state index contributed by atoms with van der Waals surface area (Å²) in [5, 5.41) is 7.06. The molecule has 0 fully saturated rings. The molecule has 1 rings (SSSR count). The summed E-state index contributed by atoms with van der Waals surface area (Å²) in [4.78, 5) is 4.30. The third-order valence-corrected chi connectivity index (χ3v) is 2.62. The van der Waals surface area contributed by atoms with Crippen molar-refractivity contribution in [2.45, 2.75) is 25.8 Å². The van der Waals surface area contributed by atoms with E-state index in [4.69, 9.17) is 4.52 Å². The van der Waals surface area contributed by atoms with E-state index in [1.807, 2.05) is 7.05 Å². The molecule has 1 aromatic rings. The molecule has 1 atom stereocenters. The highest BCUT2D eigenvalue weighted by Gasteiger charge is 2.08. The fourth-order valence-corrected chi connectivity index (χ4v) is 1.42. The minimum Gasteiger partial charge on any atom is -0.339 e. The molecule has 0 aromatic carbocycles. The van der Waals surface area contributed by atoms with Crippen LogP contribution in [0.2, 0.25) is 0 Å². The highest BCUT2D eigenvalue weighted by atomic mass is 32.2. The van der Waals surface area contributed by atoms with Crippen molar-refractivity contribution < 1.29 is 4.52 Å². The molecule has 0 aliphatic rings. The van der Waals surface area contributed by atoms with Gasteiger partial charge in [-0.25, -0.2) is 0 Å². The van der Waals surface area contributed by atoms with Gasteiger partial charge < -0.3 is 9.84 Å². The van der Waals surface area contributed by atoms with E-state index in [0.717, 1.165) is 30.3 Å². The molecule has 1 unspecified atom stereocenters. The second kappa shape index (κ2) is 6.03. The fraction of sp³-hybridized carbons (Fsp3) is 0.778. The highest BCUT2D eigenvalue weighted by Crippen LogP contribution is 2.04. The Bertz CT molecular complexity index is 264. The van der Waals surface area contributed by atoms with Crippen LogP contribution in [0.1, 0.15) is 18.6 Å². The summed E-state index contributed by atoms with van der Waals surface area (Å²) in [6.07, 6.45) is 3.75. The first kappa shape index (κ1) is 11.5. The summed E-state index contributed by atoms with van der Waals surface area (Å²) >= 11 is 1.78. The van der Waals surface area contributed by atoms with Crippen LogP contribution < -0.4 is 5.32 Å². The van der Waals surface area contributed by atoms with Gasteiger partial charge in [-0.3, -0.25) is 0 Å². The van der Waals surface area contributed by atoms with Crippen LogP contribution in [0.3, 0.4) is 0 Å². The molecule has 1 N–H and O–H groups in total. The minimum atomic E-state index is 0.390. The van der Waals surface area contributed by atoms with Crippen LogP contribution in [0.25, 0.3) is 0 Å². The Morgan fingerprint density at radius 1 is 1.57 bits per heavy atom. The Labute approximate surface area is 88.8 Å². The molecule has 4 nitrogen and oxygen atoms in total. The maximum atomic E-state index is 5.11. The molecule has 5 heteroatoms. The summed E-state index contributed by atoms with van der Waals surface area (Å²) in [7, 11) is 1.93. The third kappa shape index (κ3) is 3.67. The maximum Gasteiger partial charge on any atom is 0.227 e. The van der Waals surface area contributed by atoms with Crippen molar-refractivity contribution in [3.63, 3.8) is 0 Å². The van der Waals surface area contributed by atoms with Gasteiger partial charge in [0.15, 0.2) is 5.82 Å². The van der Waals surface area contributed by atoms with Crippen molar-refractivity contribution in [1.29, 1.82) is 0 Å². The van der Waals surface area contributed by atoms with Crippen molar-refractivity contribution in [1.82, 2.24) is 15.5 Å². The molecule has 0 spiro atoms. The lowest BCUT2D eigenvalue weighted by Crippen LogP contribution is -2.24. The van der Waals surface area contributed by atoms with Gasteiger partial charge in [0, 0.05) is 24.6 Å². The molecule has 0 aliphatic heterocycles. The molecular formula is C9H17N3OS. The number of likely N-dealkylation sites (N-methyl/N-ethyl adjacent to an activating group) is 1. The number of nitrogens with zero attached hydrogens (tertiary/aromatic N) is 2. The summed E-state index contributed by atoms with van der Waals surface area (Å²) in [6.45, 7) is 2.10. The van der Waals surface area contributed by atoms with Gasteiger partial charge in [0.1, 0.15) is 0 Å². The van der Waals surface area contributed by atoms with E-state index in [1.54, 1.807) is 11.8 Å². The Balaban J connectivity index is 2.42. The van der Waals surface area contributed by atoms with Crippen LogP contribution in [0.4, 0.5) is 0 Å². The zero-order valence-corrected chi connectivity index (χ0v) is 9.73. The van der Waals surface area contributed by atoms with Gasteiger partial charge in [-0.15, -0.1) is 0 Å². The zero-order chi connectivity index (χ0) is 10.4. The first-order chi connectivity index (χ1) is 6.76. The summed E-state index contributed by atoms with van der Waals surface area (Å²) in [6, 6.07) is 0.390. The monoisotopic (exact) mass is 215 g/mol. The Kier molecular flexibility index (Phi) is 4.97. The van der Waals surface area contributed by atoms with E-state index in [9.17, 15) is 0 Å². The van der Waals surface area contributed by atoms with E-state index < -0.39 is 0 Å². The molecule has 1 aromatic heterocycles. The number of aromatic nitrogens is 2. The van der Waals surface area contributed by atoms with Crippen molar-refractivity contribution in [3.05, 3.63) is 11.7 Å². The third-order valence-electron chi connectivity index (χ3n) is 2.01. The van der Waals surface area contributed by atoms with E-state index in [0.29, 0.717) is 6.04 Å². The molecule has 14 heavy (non-hydrogen) atoms. The molecule has 0 amide bonds. The summed E-state index contributed by atoms with van der Waals surface area (Å²) < 4.78 is 5.11. The van der Waals surface area contributed by atoms with Gasteiger partial charge >= 0.3 is 0 Å². The van der Waals surface area contributed by atoms with Crippen LogP contribution in [-0.2, 0) is 12.8 Å². The standard InChI is InChI=1S/C9H17N3OS/c1-7(10-2)6-8-11-9(13-12-8)4-5-14-3/h7,10H,4-6H2,1-3H3. The first-order valence-electron chi connectivity index (χ1n) is 4.74. The van der Waals surface area contributed by atoms with Crippen molar-refractivity contribution in [3.8, 4) is 0 Å². The van der Waals surface area contributed by atoms with Gasteiger partial charge in [0.25, 0.3) is 0 Å². The molecule has 0 aliphatic carbocycles. The fourth-order valence-electron chi connectivity index (χ4n) is 1.04. The predicted molar refractivity (Wildman–Crippen MR) is 58.6 cm³/mol.